The molecule has 0 fully saturated rings. The Bertz CT molecular complexity index is 1500. The van der Waals surface area contributed by atoms with Gasteiger partial charge in [-0.3, -0.25) is 0 Å². The van der Waals surface area contributed by atoms with Crippen molar-refractivity contribution in [3.63, 3.8) is 0 Å². The fourth-order valence-electron chi connectivity index (χ4n) is 3.69. The summed E-state index contributed by atoms with van der Waals surface area (Å²) in [7, 11) is 0. The largest absolute Gasteiger partial charge is 0.457 e. The van der Waals surface area contributed by atoms with E-state index in [-0.39, 0.29) is 6.79 Å². The van der Waals surface area contributed by atoms with Gasteiger partial charge in [0.05, 0.1) is 11.1 Å². The quantitative estimate of drug-likeness (QED) is 0.114. The molecule has 192 valence electrons. The Morgan fingerprint density at radius 3 is 2.13 bits per heavy atom. The Morgan fingerprint density at radius 1 is 0.763 bits per heavy atom. The Kier molecular flexibility index (Phi) is 8.18. The van der Waals surface area contributed by atoms with Crippen molar-refractivity contribution >= 4 is 28.7 Å². The van der Waals surface area contributed by atoms with Crippen LogP contribution in [0.2, 0.25) is 0 Å². The van der Waals surface area contributed by atoms with Gasteiger partial charge in [0.15, 0.2) is 0 Å². The number of carbonyl (C=O) groups excluding carboxylic acids is 3. The number of carbonyl (C=O) groups is 3. The van der Waals surface area contributed by atoms with Crippen molar-refractivity contribution in [3.05, 3.63) is 114 Å². The van der Waals surface area contributed by atoms with Crippen LogP contribution in [0.15, 0.2) is 91.5 Å². The van der Waals surface area contributed by atoms with Crippen molar-refractivity contribution in [1.29, 1.82) is 0 Å². The van der Waals surface area contributed by atoms with Gasteiger partial charge in [-0.15, -0.1) is 0 Å². The molecule has 0 unspecified atom stereocenters. The molecule has 7 nitrogen and oxygen atoms in total. The van der Waals surface area contributed by atoms with Gasteiger partial charge in [-0.2, -0.15) is 0 Å². The Morgan fingerprint density at radius 2 is 1.42 bits per heavy atom. The van der Waals surface area contributed by atoms with Crippen LogP contribution in [0.3, 0.4) is 0 Å². The summed E-state index contributed by atoms with van der Waals surface area (Å²) in [6, 6.07) is 22.4. The lowest BCUT2D eigenvalue weighted by Crippen LogP contribution is -2.10. The molecule has 4 aromatic rings. The van der Waals surface area contributed by atoms with E-state index in [0.717, 1.165) is 28.8 Å². The first-order valence-electron chi connectivity index (χ1n) is 12.0. The summed E-state index contributed by atoms with van der Waals surface area (Å²) in [6.45, 7) is 7.02. The molecule has 0 N–H and O–H groups in total. The molecule has 0 saturated heterocycles. The van der Waals surface area contributed by atoms with Gasteiger partial charge < -0.3 is 18.9 Å². The van der Waals surface area contributed by atoms with E-state index in [0.29, 0.717) is 28.4 Å². The number of benzene rings is 4. The zero-order valence-corrected chi connectivity index (χ0v) is 21.1. The minimum absolute atomic E-state index is 0.267. The van der Waals surface area contributed by atoms with E-state index in [1.807, 2.05) is 25.1 Å². The van der Waals surface area contributed by atoms with E-state index < -0.39 is 17.9 Å². The predicted octanol–water partition coefficient (Wildman–Crippen LogP) is 6.21. The first-order chi connectivity index (χ1) is 18.4. The first kappa shape index (κ1) is 26.2. The maximum Gasteiger partial charge on any atom is 0.343 e. The third kappa shape index (κ3) is 6.44. The lowest BCUT2D eigenvalue weighted by atomic mass is 10.1. The van der Waals surface area contributed by atoms with Crippen molar-refractivity contribution in [3.8, 4) is 17.2 Å². The smallest absolute Gasteiger partial charge is 0.343 e. The van der Waals surface area contributed by atoms with Crippen LogP contribution in [-0.2, 0) is 16.0 Å². The zero-order valence-electron chi connectivity index (χ0n) is 21.1. The lowest BCUT2D eigenvalue weighted by molar-refractivity contribution is -0.144. The van der Waals surface area contributed by atoms with Crippen LogP contribution in [-0.4, -0.2) is 24.7 Å². The molecule has 38 heavy (non-hydrogen) atoms. The average molecular weight is 511 g/mol. The number of ether oxygens (including phenoxy) is 4. The molecular formula is C31H26O7. The van der Waals surface area contributed by atoms with Crippen LogP contribution in [0.1, 0.15) is 38.8 Å². The lowest BCUT2D eigenvalue weighted by Gasteiger charge is -2.10. The summed E-state index contributed by atoms with van der Waals surface area (Å²) in [5, 5.41) is 1.60. The maximum absolute atomic E-state index is 12.7. The van der Waals surface area contributed by atoms with Crippen LogP contribution in [0.25, 0.3) is 10.8 Å². The standard InChI is InChI=1S/C31H26O7/c1-4-21-6-15-28(20(3)16-21)38-31(34)25-8-7-24-18-27(14-11-23(24)17-25)37-30(33)22-9-12-26(13-10-22)35-19-36-29(32)5-2/h5-18H,2,4,19H2,1,3H3. The van der Waals surface area contributed by atoms with Crippen molar-refractivity contribution in [2.75, 3.05) is 6.79 Å². The van der Waals surface area contributed by atoms with Crippen LogP contribution >= 0.6 is 0 Å². The van der Waals surface area contributed by atoms with Gasteiger partial charge in [-0.1, -0.05) is 37.8 Å². The molecular weight excluding hydrogens is 484 g/mol. The second-order valence-electron chi connectivity index (χ2n) is 8.41. The first-order valence-corrected chi connectivity index (χ1v) is 12.0. The summed E-state index contributed by atoms with van der Waals surface area (Å²) in [4.78, 5) is 36.4. The minimum Gasteiger partial charge on any atom is -0.457 e. The molecule has 4 rings (SSSR count). The number of aryl methyl sites for hydroxylation is 2. The molecule has 0 aliphatic carbocycles. The number of esters is 3. The molecule has 7 heteroatoms. The van der Waals surface area contributed by atoms with Gasteiger partial charge in [-0.25, -0.2) is 14.4 Å². The highest BCUT2D eigenvalue weighted by atomic mass is 16.7. The maximum atomic E-state index is 12.7. The average Bonchev–Trinajstić information content (AvgIpc) is 2.93. The highest BCUT2D eigenvalue weighted by Crippen LogP contribution is 2.25. The summed E-state index contributed by atoms with van der Waals surface area (Å²) in [5.74, 6) is -0.262. The van der Waals surface area contributed by atoms with Gasteiger partial charge in [0.1, 0.15) is 17.2 Å². The van der Waals surface area contributed by atoms with Crippen LogP contribution in [0.4, 0.5) is 0 Å². The SMILES string of the molecule is C=CC(=O)OCOc1ccc(C(=O)Oc2ccc3cc(C(=O)Oc4ccc(CC)cc4C)ccc3c2)cc1. The highest BCUT2D eigenvalue weighted by Gasteiger charge is 2.13. The number of rotatable bonds is 9. The number of hydrogen-bond acceptors (Lipinski definition) is 7. The third-order valence-corrected chi connectivity index (χ3v) is 5.79. The summed E-state index contributed by atoms with van der Waals surface area (Å²) >= 11 is 0. The van der Waals surface area contributed by atoms with Crippen molar-refractivity contribution < 1.29 is 33.3 Å². The molecule has 0 spiro atoms. The second-order valence-corrected chi connectivity index (χ2v) is 8.41. The van der Waals surface area contributed by atoms with Crippen molar-refractivity contribution in [2.24, 2.45) is 0 Å². The summed E-state index contributed by atoms with van der Waals surface area (Å²) in [5.41, 5.74) is 2.82. The number of fused-ring (bicyclic) bond motifs is 1. The molecule has 0 saturated carbocycles. The van der Waals surface area contributed by atoms with E-state index in [2.05, 4.69) is 13.5 Å². The van der Waals surface area contributed by atoms with E-state index >= 15 is 0 Å². The molecule has 0 bridgehead atoms. The zero-order chi connectivity index (χ0) is 27.1. The van der Waals surface area contributed by atoms with E-state index in [9.17, 15) is 14.4 Å². The van der Waals surface area contributed by atoms with Crippen LogP contribution < -0.4 is 14.2 Å². The molecule has 0 atom stereocenters. The van der Waals surface area contributed by atoms with Crippen molar-refractivity contribution in [2.45, 2.75) is 20.3 Å². The van der Waals surface area contributed by atoms with Gasteiger partial charge in [-0.05, 0) is 89.8 Å². The summed E-state index contributed by atoms with van der Waals surface area (Å²) < 4.78 is 21.1. The molecule has 0 amide bonds. The van der Waals surface area contributed by atoms with Gasteiger partial charge in [0.25, 0.3) is 0 Å². The predicted molar refractivity (Wildman–Crippen MR) is 143 cm³/mol. The molecule has 0 radical (unpaired) electrons. The highest BCUT2D eigenvalue weighted by molar-refractivity contribution is 5.97. The Labute approximate surface area is 220 Å². The Balaban J connectivity index is 1.39. The molecule has 0 aliphatic heterocycles. The van der Waals surface area contributed by atoms with E-state index in [4.69, 9.17) is 18.9 Å². The van der Waals surface area contributed by atoms with E-state index in [1.165, 1.54) is 5.56 Å². The van der Waals surface area contributed by atoms with Gasteiger partial charge >= 0.3 is 17.9 Å². The topological polar surface area (TPSA) is 88.1 Å². The summed E-state index contributed by atoms with van der Waals surface area (Å²) in [6.07, 6.45) is 1.95. The van der Waals surface area contributed by atoms with Gasteiger partial charge in [0, 0.05) is 6.08 Å². The van der Waals surface area contributed by atoms with Crippen molar-refractivity contribution in [1.82, 2.24) is 0 Å². The van der Waals surface area contributed by atoms with Crippen LogP contribution in [0.5, 0.6) is 17.2 Å². The monoisotopic (exact) mass is 510 g/mol. The molecule has 4 aromatic carbocycles. The molecule has 0 heterocycles. The fraction of sp³-hybridized carbons (Fsp3) is 0.129. The Hall–Kier alpha value is -4.91. The second kappa shape index (κ2) is 11.9. The fourth-order valence-corrected chi connectivity index (χ4v) is 3.69. The van der Waals surface area contributed by atoms with Gasteiger partial charge in [0.2, 0.25) is 6.79 Å². The van der Waals surface area contributed by atoms with E-state index in [1.54, 1.807) is 60.7 Å². The third-order valence-electron chi connectivity index (χ3n) is 5.79. The minimum atomic E-state index is -0.593. The number of hydrogen-bond donors (Lipinski definition) is 0. The normalized spacial score (nSPS) is 10.5. The molecule has 0 aliphatic rings. The van der Waals surface area contributed by atoms with Crippen LogP contribution in [0, 0.1) is 6.92 Å². The molecule has 0 aromatic heterocycles.